The molecule has 1 heterocycles. The van der Waals surface area contributed by atoms with Crippen molar-refractivity contribution in [3.63, 3.8) is 0 Å². The monoisotopic (exact) mass is 399 g/mol. The van der Waals surface area contributed by atoms with Crippen molar-refractivity contribution in [2.75, 3.05) is 6.61 Å². The molecule has 0 saturated heterocycles. The van der Waals surface area contributed by atoms with Crippen LogP contribution in [0.5, 0.6) is 5.75 Å². The van der Waals surface area contributed by atoms with Gasteiger partial charge in [-0.3, -0.25) is 4.79 Å². The summed E-state index contributed by atoms with van der Waals surface area (Å²) in [5.74, 6) is 1.20. The molecule has 30 heavy (non-hydrogen) atoms. The van der Waals surface area contributed by atoms with Crippen LogP contribution in [0.4, 0.5) is 0 Å². The Morgan fingerprint density at radius 3 is 2.27 bits per heavy atom. The standard InChI is InChI=1S/C24H21N3O3/c1-2-29-20-15-13-18(14-16-20)22(28)25-21(17-9-5-3-6-10-17)24-27-26-23(30-24)19-11-7-4-8-12-19/h3-16,21H,2H2,1H3,(H,25,28)/t21-/m0/s1. The highest BCUT2D eigenvalue weighted by Crippen LogP contribution is 2.25. The Labute approximate surface area is 174 Å². The molecule has 6 nitrogen and oxygen atoms in total. The molecule has 0 spiro atoms. The van der Waals surface area contributed by atoms with E-state index in [2.05, 4.69) is 15.5 Å². The molecule has 1 atom stereocenters. The predicted molar refractivity (Wildman–Crippen MR) is 113 cm³/mol. The summed E-state index contributed by atoms with van der Waals surface area (Å²) in [5.41, 5.74) is 2.18. The van der Waals surface area contributed by atoms with E-state index in [4.69, 9.17) is 9.15 Å². The van der Waals surface area contributed by atoms with Crippen LogP contribution in [0.2, 0.25) is 0 Å². The van der Waals surface area contributed by atoms with Crippen LogP contribution in [0.1, 0.15) is 34.8 Å². The zero-order chi connectivity index (χ0) is 20.8. The lowest BCUT2D eigenvalue weighted by Gasteiger charge is -2.16. The molecule has 0 aliphatic rings. The molecule has 0 aliphatic carbocycles. The van der Waals surface area contributed by atoms with Crippen molar-refractivity contribution >= 4 is 5.91 Å². The van der Waals surface area contributed by atoms with Crippen molar-refractivity contribution in [3.05, 3.63) is 102 Å². The second kappa shape index (κ2) is 9.05. The van der Waals surface area contributed by atoms with Gasteiger partial charge in [-0.2, -0.15) is 0 Å². The van der Waals surface area contributed by atoms with Gasteiger partial charge in [0.1, 0.15) is 11.8 Å². The topological polar surface area (TPSA) is 77.2 Å². The number of hydrogen-bond donors (Lipinski definition) is 1. The maximum absolute atomic E-state index is 12.9. The van der Waals surface area contributed by atoms with Crippen LogP contribution in [0.15, 0.2) is 89.3 Å². The molecule has 1 N–H and O–H groups in total. The molecule has 0 bridgehead atoms. The molecule has 0 unspecified atom stereocenters. The van der Waals surface area contributed by atoms with E-state index in [1.807, 2.05) is 67.6 Å². The molecule has 0 saturated carbocycles. The Morgan fingerprint density at radius 1 is 0.933 bits per heavy atom. The first-order chi connectivity index (χ1) is 14.7. The summed E-state index contributed by atoms with van der Waals surface area (Å²) >= 11 is 0. The van der Waals surface area contributed by atoms with Crippen LogP contribution < -0.4 is 10.1 Å². The van der Waals surface area contributed by atoms with E-state index >= 15 is 0 Å². The van der Waals surface area contributed by atoms with Gasteiger partial charge in [0.2, 0.25) is 11.8 Å². The van der Waals surface area contributed by atoms with E-state index in [0.717, 1.165) is 16.9 Å². The number of rotatable bonds is 7. The number of benzene rings is 3. The van der Waals surface area contributed by atoms with Crippen molar-refractivity contribution in [2.24, 2.45) is 0 Å². The highest BCUT2D eigenvalue weighted by atomic mass is 16.5. The van der Waals surface area contributed by atoms with Crippen LogP contribution >= 0.6 is 0 Å². The highest BCUT2D eigenvalue weighted by molar-refractivity contribution is 5.94. The maximum atomic E-state index is 12.9. The van der Waals surface area contributed by atoms with Crippen molar-refractivity contribution in [1.29, 1.82) is 0 Å². The van der Waals surface area contributed by atoms with Crippen LogP contribution in [0, 0.1) is 0 Å². The molecule has 150 valence electrons. The van der Waals surface area contributed by atoms with Crippen molar-refractivity contribution in [1.82, 2.24) is 15.5 Å². The highest BCUT2D eigenvalue weighted by Gasteiger charge is 2.24. The summed E-state index contributed by atoms with van der Waals surface area (Å²) in [6, 6.07) is 25.5. The normalized spacial score (nSPS) is 11.6. The molecule has 1 amide bonds. The molecular weight excluding hydrogens is 378 g/mol. The van der Waals surface area contributed by atoms with Crippen LogP contribution in [0.3, 0.4) is 0 Å². The van der Waals surface area contributed by atoms with Gasteiger partial charge < -0.3 is 14.5 Å². The van der Waals surface area contributed by atoms with Gasteiger partial charge in [0, 0.05) is 11.1 Å². The molecule has 6 heteroatoms. The Bertz CT molecular complexity index is 1090. The molecule has 0 aliphatic heterocycles. The van der Waals surface area contributed by atoms with E-state index in [1.54, 1.807) is 24.3 Å². The fraction of sp³-hybridized carbons (Fsp3) is 0.125. The number of nitrogens with zero attached hydrogens (tertiary/aromatic N) is 2. The second-order valence-electron chi connectivity index (χ2n) is 6.59. The maximum Gasteiger partial charge on any atom is 0.252 e. The molecular formula is C24H21N3O3. The smallest absolute Gasteiger partial charge is 0.252 e. The quantitative estimate of drug-likeness (QED) is 0.489. The number of carbonyl (C=O) groups is 1. The number of nitrogens with one attached hydrogen (secondary N) is 1. The van der Waals surface area contributed by atoms with Gasteiger partial charge in [-0.15, -0.1) is 10.2 Å². The third kappa shape index (κ3) is 4.38. The van der Waals surface area contributed by atoms with Gasteiger partial charge in [-0.25, -0.2) is 0 Å². The minimum Gasteiger partial charge on any atom is -0.494 e. The SMILES string of the molecule is CCOc1ccc(C(=O)N[C@@H](c2ccccc2)c2nnc(-c3ccccc3)o2)cc1. The summed E-state index contributed by atoms with van der Waals surface area (Å²) in [5, 5.41) is 11.4. The lowest BCUT2D eigenvalue weighted by molar-refractivity contribution is 0.0938. The average molecular weight is 399 g/mol. The third-order valence-electron chi connectivity index (χ3n) is 4.54. The minimum absolute atomic E-state index is 0.244. The zero-order valence-corrected chi connectivity index (χ0v) is 16.5. The van der Waals surface area contributed by atoms with E-state index in [-0.39, 0.29) is 5.91 Å². The van der Waals surface area contributed by atoms with Crippen LogP contribution in [0.25, 0.3) is 11.5 Å². The van der Waals surface area contributed by atoms with Gasteiger partial charge in [0.25, 0.3) is 5.91 Å². The van der Waals surface area contributed by atoms with Crippen molar-refractivity contribution in [3.8, 4) is 17.2 Å². The third-order valence-corrected chi connectivity index (χ3v) is 4.54. The summed E-state index contributed by atoms with van der Waals surface area (Å²) in [7, 11) is 0. The number of hydrogen-bond acceptors (Lipinski definition) is 5. The Balaban J connectivity index is 1.61. The largest absolute Gasteiger partial charge is 0.494 e. The Kier molecular flexibility index (Phi) is 5.85. The van der Waals surface area contributed by atoms with Crippen molar-refractivity contribution < 1.29 is 13.9 Å². The zero-order valence-electron chi connectivity index (χ0n) is 16.5. The summed E-state index contributed by atoms with van der Waals surface area (Å²) < 4.78 is 11.4. The van der Waals surface area contributed by atoms with E-state index in [1.165, 1.54) is 0 Å². The first-order valence-corrected chi connectivity index (χ1v) is 9.72. The molecule has 0 radical (unpaired) electrons. The predicted octanol–water partition coefficient (Wildman–Crippen LogP) is 4.65. The van der Waals surface area contributed by atoms with Gasteiger partial charge in [0.05, 0.1) is 6.61 Å². The van der Waals surface area contributed by atoms with Gasteiger partial charge >= 0.3 is 0 Å². The summed E-state index contributed by atoms with van der Waals surface area (Å²) in [6.07, 6.45) is 0. The first-order valence-electron chi connectivity index (χ1n) is 9.72. The Hall–Kier alpha value is -3.93. The number of amides is 1. The van der Waals surface area contributed by atoms with Gasteiger partial charge in [-0.05, 0) is 48.9 Å². The van der Waals surface area contributed by atoms with Crippen molar-refractivity contribution in [2.45, 2.75) is 13.0 Å². The fourth-order valence-electron chi connectivity index (χ4n) is 3.07. The average Bonchev–Trinajstić information content (AvgIpc) is 3.29. The number of aromatic nitrogens is 2. The van der Waals surface area contributed by atoms with E-state index in [0.29, 0.717) is 24.0 Å². The number of ether oxygens (including phenoxy) is 1. The molecule has 0 fully saturated rings. The van der Waals surface area contributed by atoms with E-state index < -0.39 is 6.04 Å². The summed E-state index contributed by atoms with van der Waals surface area (Å²) in [4.78, 5) is 12.9. The van der Waals surface area contributed by atoms with Gasteiger partial charge in [-0.1, -0.05) is 48.5 Å². The first kappa shape index (κ1) is 19.4. The summed E-state index contributed by atoms with van der Waals surface area (Å²) in [6.45, 7) is 2.49. The second-order valence-corrected chi connectivity index (χ2v) is 6.59. The molecule has 1 aromatic heterocycles. The lowest BCUT2D eigenvalue weighted by Crippen LogP contribution is -2.29. The minimum atomic E-state index is -0.574. The number of carbonyl (C=O) groups excluding carboxylic acids is 1. The molecule has 4 rings (SSSR count). The van der Waals surface area contributed by atoms with Crippen LogP contribution in [-0.2, 0) is 0 Å². The fourth-order valence-corrected chi connectivity index (χ4v) is 3.07. The Morgan fingerprint density at radius 2 is 1.60 bits per heavy atom. The lowest BCUT2D eigenvalue weighted by atomic mass is 10.1. The molecule has 4 aromatic rings. The molecule has 3 aromatic carbocycles. The van der Waals surface area contributed by atoms with Gasteiger partial charge in [0.15, 0.2) is 0 Å². The van der Waals surface area contributed by atoms with Crippen LogP contribution in [-0.4, -0.2) is 22.7 Å². The van der Waals surface area contributed by atoms with E-state index in [9.17, 15) is 4.79 Å².